The van der Waals surface area contributed by atoms with Crippen molar-refractivity contribution in [1.29, 1.82) is 0 Å². The summed E-state index contributed by atoms with van der Waals surface area (Å²) >= 11 is 0. The summed E-state index contributed by atoms with van der Waals surface area (Å²) in [4.78, 5) is 24.8. The average Bonchev–Trinajstić information content (AvgIpc) is 2.98. The first-order valence-electron chi connectivity index (χ1n) is 9.02. The minimum absolute atomic E-state index is 0.0840. The van der Waals surface area contributed by atoms with Crippen LogP contribution in [0.15, 0.2) is 47.3 Å². The molecule has 0 saturated heterocycles. The highest BCUT2D eigenvalue weighted by Crippen LogP contribution is 2.17. The highest BCUT2D eigenvalue weighted by atomic mass is 16.2. The van der Waals surface area contributed by atoms with Crippen molar-refractivity contribution in [3.8, 4) is 11.3 Å². The van der Waals surface area contributed by atoms with Gasteiger partial charge in [0.2, 0.25) is 5.91 Å². The number of hydrogen-bond donors (Lipinski definition) is 1. The quantitative estimate of drug-likeness (QED) is 0.780. The molecule has 0 atom stereocenters. The summed E-state index contributed by atoms with van der Waals surface area (Å²) in [6.07, 6.45) is 5.53. The van der Waals surface area contributed by atoms with E-state index in [2.05, 4.69) is 15.5 Å². The summed E-state index contributed by atoms with van der Waals surface area (Å²) < 4.78 is 2.42. The van der Waals surface area contributed by atoms with Crippen molar-refractivity contribution in [1.82, 2.24) is 24.7 Å². The number of nitrogens with one attached hydrogen (secondary N) is 1. The lowest BCUT2D eigenvalue weighted by Crippen LogP contribution is -2.40. The Bertz CT molecular complexity index is 971. The Hall–Kier alpha value is -2.96. The number of amides is 1. The van der Waals surface area contributed by atoms with Crippen molar-refractivity contribution in [2.75, 3.05) is 0 Å². The van der Waals surface area contributed by atoms with Gasteiger partial charge in [-0.1, -0.05) is 49.6 Å². The Kier molecular flexibility index (Phi) is 4.51. The molecule has 1 aliphatic rings. The van der Waals surface area contributed by atoms with Crippen LogP contribution < -0.4 is 11.0 Å². The van der Waals surface area contributed by atoms with Gasteiger partial charge in [-0.2, -0.15) is 9.61 Å². The van der Waals surface area contributed by atoms with E-state index < -0.39 is 5.69 Å². The maximum Gasteiger partial charge on any atom is 0.367 e. The Balaban J connectivity index is 1.55. The molecule has 0 radical (unpaired) electrons. The van der Waals surface area contributed by atoms with Crippen molar-refractivity contribution in [3.05, 3.63) is 52.9 Å². The lowest BCUT2D eigenvalue weighted by Gasteiger charge is -2.22. The maximum absolute atomic E-state index is 12.6. The van der Waals surface area contributed by atoms with Gasteiger partial charge in [-0.25, -0.2) is 9.48 Å². The Morgan fingerprint density at radius 2 is 1.81 bits per heavy atom. The third kappa shape index (κ3) is 3.37. The molecule has 4 rings (SSSR count). The molecule has 2 aromatic heterocycles. The second-order valence-corrected chi connectivity index (χ2v) is 6.70. The van der Waals surface area contributed by atoms with E-state index in [0.717, 1.165) is 31.2 Å². The molecule has 1 aromatic carbocycles. The summed E-state index contributed by atoms with van der Waals surface area (Å²) in [5.74, 6) is -0.175. The fraction of sp³-hybridized carbons (Fsp3) is 0.368. The largest absolute Gasteiger partial charge is 0.367 e. The third-order valence-electron chi connectivity index (χ3n) is 4.77. The topological polar surface area (TPSA) is 81.3 Å². The average molecular weight is 351 g/mol. The van der Waals surface area contributed by atoms with Gasteiger partial charge in [0, 0.05) is 11.6 Å². The van der Waals surface area contributed by atoms with Crippen LogP contribution >= 0.6 is 0 Å². The van der Waals surface area contributed by atoms with E-state index in [4.69, 9.17) is 0 Å². The van der Waals surface area contributed by atoms with Gasteiger partial charge < -0.3 is 5.32 Å². The van der Waals surface area contributed by atoms with E-state index in [9.17, 15) is 9.59 Å². The zero-order valence-corrected chi connectivity index (χ0v) is 14.5. The molecule has 0 spiro atoms. The molecule has 1 N–H and O–H groups in total. The van der Waals surface area contributed by atoms with Crippen molar-refractivity contribution in [3.63, 3.8) is 0 Å². The SMILES string of the molecule is O=C(Cn1nc2ccc(-c3ccccc3)nn2c1=O)NC1CCCCC1. The molecule has 26 heavy (non-hydrogen) atoms. The van der Waals surface area contributed by atoms with Crippen LogP contribution in [0.3, 0.4) is 0 Å². The number of fused-ring (bicyclic) bond motifs is 1. The lowest BCUT2D eigenvalue weighted by atomic mass is 9.95. The fourth-order valence-electron chi connectivity index (χ4n) is 3.43. The lowest BCUT2D eigenvalue weighted by molar-refractivity contribution is -0.122. The molecule has 7 nitrogen and oxygen atoms in total. The second-order valence-electron chi connectivity index (χ2n) is 6.70. The van der Waals surface area contributed by atoms with E-state index in [1.807, 2.05) is 36.4 Å². The molecule has 134 valence electrons. The third-order valence-corrected chi connectivity index (χ3v) is 4.77. The highest BCUT2D eigenvalue weighted by Gasteiger charge is 2.18. The standard InChI is InChI=1S/C19H21N5O2/c25-18(20-15-9-5-2-6-10-15)13-23-19(26)24-17(22-23)12-11-16(21-24)14-7-3-1-4-8-14/h1,3-4,7-8,11-12,15H,2,5-6,9-10,13H2,(H,20,25). The predicted molar refractivity (Wildman–Crippen MR) is 97.7 cm³/mol. The molecule has 2 heterocycles. The second kappa shape index (κ2) is 7.11. The number of carbonyl (C=O) groups excluding carboxylic acids is 1. The fourth-order valence-corrected chi connectivity index (χ4v) is 3.43. The molecular formula is C19H21N5O2. The van der Waals surface area contributed by atoms with Crippen molar-refractivity contribution >= 4 is 11.6 Å². The number of benzene rings is 1. The zero-order valence-electron chi connectivity index (χ0n) is 14.5. The van der Waals surface area contributed by atoms with Gasteiger partial charge in [-0.05, 0) is 25.0 Å². The normalized spacial score (nSPS) is 15.2. The highest BCUT2D eigenvalue weighted by molar-refractivity contribution is 5.76. The molecule has 0 aliphatic heterocycles. The van der Waals surface area contributed by atoms with Crippen LogP contribution in [0, 0.1) is 0 Å². The molecule has 0 bridgehead atoms. The minimum Gasteiger partial charge on any atom is -0.352 e. The van der Waals surface area contributed by atoms with E-state index in [-0.39, 0.29) is 18.5 Å². The molecular weight excluding hydrogens is 330 g/mol. The van der Waals surface area contributed by atoms with Crippen LogP contribution in [-0.4, -0.2) is 31.3 Å². The zero-order chi connectivity index (χ0) is 17.9. The minimum atomic E-state index is -0.406. The molecule has 1 saturated carbocycles. The van der Waals surface area contributed by atoms with Crippen molar-refractivity contribution in [2.45, 2.75) is 44.7 Å². The van der Waals surface area contributed by atoms with Gasteiger partial charge in [0.15, 0.2) is 5.65 Å². The Morgan fingerprint density at radius 3 is 2.58 bits per heavy atom. The van der Waals surface area contributed by atoms with Crippen LogP contribution in [0.4, 0.5) is 0 Å². The summed E-state index contributed by atoms with van der Waals surface area (Å²) in [5, 5.41) is 11.6. The Morgan fingerprint density at radius 1 is 1.04 bits per heavy atom. The van der Waals surface area contributed by atoms with E-state index >= 15 is 0 Å². The predicted octanol–water partition coefficient (Wildman–Crippen LogP) is 2.01. The Labute approximate surface area is 150 Å². The van der Waals surface area contributed by atoms with Crippen LogP contribution in [0.5, 0.6) is 0 Å². The molecule has 7 heteroatoms. The molecule has 0 unspecified atom stereocenters. The van der Waals surface area contributed by atoms with E-state index in [1.54, 1.807) is 6.07 Å². The summed E-state index contributed by atoms with van der Waals surface area (Å²) in [5.41, 5.74) is 1.63. The van der Waals surface area contributed by atoms with Gasteiger partial charge in [0.05, 0.1) is 5.69 Å². The number of rotatable bonds is 4. The van der Waals surface area contributed by atoms with Crippen LogP contribution in [0.25, 0.3) is 16.9 Å². The first kappa shape index (κ1) is 16.5. The van der Waals surface area contributed by atoms with Crippen molar-refractivity contribution < 1.29 is 4.79 Å². The number of aromatic nitrogens is 4. The molecule has 1 fully saturated rings. The monoisotopic (exact) mass is 351 g/mol. The smallest absolute Gasteiger partial charge is 0.352 e. The number of carbonyl (C=O) groups is 1. The molecule has 1 aliphatic carbocycles. The van der Waals surface area contributed by atoms with Crippen LogP contribution in [0.2, 0.25) is 0 Å². The molecule has 1 amide bonds. The summed E-state index contributed by atoms with van der Waals surface area (Å²) in [7, 11) is 0. The van der Waals surface area contributed by atoms with E-state index in [0.29, 0.717) is 11.3 Å². The summed E-state index contributed by atoms with van der Waals surface area (Å²) in [6, 6.07) is 13.4. The summed E-state index contributed by atoms with van der Waals surface area (Å²) in [6.45, 7) is -0.0840. The first-order valence-corrected chi connectivity index (χ1v) is 9.02. The van der Waals surface area contributed by atoms with Gasteiger partial charge in [0.1, 0.15) is 6.54 Å². The van der Waals surface area contributed by atoms with Crippen LogP contribution in [0.1, 0.15) is 32.1 Å². The first-order chi connectivity index (χ1) is 12.7. The number of nitrogens with zero attached hydrogens (tertiary/aromatic N) is 4. The van der Waals surface area contributed by atoms with Gasteiger partial charge >= 0.3 is 5.69 Å². The van der Waals surface area contributed by atoms with Gasteiger partial charge in [0.25, 0.3) is 0 Å². The van der Waals surface area contributed by atoms with Gasteiger partial charge in [-0.15, -0.1) is 5.10 Å². The molecule has 3 aromatic rings. The van der Waals surface area contributed by atoms with Crippen LogP contribution in [-0.2, 0) is 11.3 Å². The van der Waals surface area contributed by atoms with Crippen molar-refractivity contribution in [2.24, 2.45) is 0 Å². The number of hydrogen-bond acceptors (Lipinski definition) is 4. The van der Waals surface area contributed by atoms with E-state index in [1.165, 1.54) is 15.6 Å². The van der Waals surface area contributed by atoms with Gasteiger partial charge in [-0.3, -0.25) is 4.79 Å². The maximum atomic E-state index is 12.6.